The molecule has 0 aliphatic rings. The van der Waals surface area contributed by atoms with Crippen LogP contribution in [0.1, 0.15) is 11.1 Å². The molecule has 3 aromatic carbocycles. The highest BCUT2D eigenvalue weighted by Gasteiger charge is 2.17. The highest BCUT2D eigenvalue weighted by Crippen LogP contribution is 2.32. The normalized spacial score (nSPS) is 11.1. The number of nitrogens with zero attached hydrogens (tertiary/aromatic N) is 4. The fraction of sp³-hybridized carbons (Fsp3) is 0.0800. The zero-order valence-corrected chi connectivity index (χ0v) is 19.6. The van der Waals surface area contributed by atoms with Gasteiger partial charge in [-0.05, 0) is 42.8 Å². The number of aliphatic hydroxyl groups excluding tert-OH is 1. The summed E-state index contributed by atoms with van der Waals surface area (Å²) in [5.74, 6) is 0.870. The summed E-state index contributed by atoms with van der Waals surface area (Å²) in [6.07, 6.45) is 1.72. The van der Waals surface area contributed by atoms with Gasteiger partial charge in [-0.25, -0.2) is 4.68 Å². The summed E-state index contributed by atoms with van der Waals surface area (Å²) in [5, 5.41) is 22.6. The van der Waals surface area contributed by atoms with Gasteiger partial charge in [-0.15, -0.1) is 0 Å². The van der Waals surface area contributed by atoms with Gasteiger partial charge in [0.2, 0.25) is 5.95 Å². The molecule has 170 valence electrons. The molecule has 9 heteroatoms. The van der Waals surface area contributed by atoms with Crippen LogP contribution in [0.2, 0.25) is 10.0 Å². The van der Waals surface area contributed by atoms with E-state index in [-0.39, 0.29) is 6.61 Å². The van der Waals surface area contributed by atoms with E-state index in [0.717, 1.165) is 22.2 Å². The van der Waals surface area contributed by atoms with Crippen LogP contribution in [0.3, 0.4) is 0 Å². The monoisotopic (exact) mass is 490 g/mol. The summed E-state index contributed by atoms with van der Waals surface area (Å²) in [6.45, 7) is 1.91. The Kier molecular flexibility index (Phi) is 6.06. The van der Waals surface area contributed by atoms with Crippen molar-refractivity contribution in [2.45, 2.75) is 13.5 Å². The number of benzene rings is 3. The molecule has 0 spiro atoms. The van der Waals surface area contributed by atoms with Crippen LogP contribution in [0.25, 0.3) is 16.7 Å². The molecule has 34 heavy (non-hydrogen) atoms. The van der Waals surface area contributed by atoms with Gasteiger partial charge in [0, 0.05) is 16.3 Å². The highest BCUT2D eigenvalue weighted by molar-refractivity contribution is 6.36. The van der Waals surface area contributed by atoms with Crippen molar-refractivity contribution in [2.75, 3.05) is 10.6 Å². The SMILES string of the molecule is Cc1ccccc1-n1ncc2c(Nc3ccc(Cl)cc3Cl)nc(Nc3ccccc3CO)nc21. The number of anilines is 4. The van der Waals surface area contributed by atoms with Crippen molar-refractivity contribution in [1.82, 2.24) is 19.7 Å². The van der Waals surface area contributed by atoms with E-state index in [4.69, 9.17) is 33.2 Å². The molecule has 0 saturated carbocycles. The molecule has 0 aliphatic carbocycles. The van der Waals surface area contributed by atoms with Gasteiger partial charge in [0.05, 0.1) is 34.6 Å². The second-order valence-corrected chi connectivity index (χ2v) is 8.51. The lowest BCUT2D eigenvalue weighted by Crippen LogP contribution is -2.06. The van der Waals surface area contributed by atoms with Gasteiger partial charge in [0.1, 0.15) is 5.82 Å². The van der Waals surface area contributed by atoms with Crippen LogP contribution < -0.4 is 10.6 Å². The first-order chi connectivity index (χ1) is 16.5. The zero-order chi connectivity index (χ0) is 23.7. The number of para-hydroxylation sites is 2. The molecule has 0 amide bonds. The molecule has 0 atom stereocenters. The second-order valence-electron chi connectivity index (χ2n) is 7.67. The Labute approximate surface area is 206 Å². The quantitative estimate of drug-likeness (QED) is 0.254. The van der Waals surface area contributed by atoms with Crippen molar-refractivity contribution in [1.29, 1.82) is 0 Å². The third kappa shape index (κ3) is 4.28. The predicted octanol–water partition coefficient (Wildman–Crippen LogP) is 6.41. The lowest BCUT2D eigenvalue weighted by atomic mass is 10.2. The summed E-state index contributed by atoms with van der Waals surface area (Å²) in [7, 11) is 0. The Balaban J connectivity index is 1.67. The number of aliphatic hydroxyl groups is 1. The molecule has 0 saturated heterocycles. The first-order valence-electron chi connectivity index (χ1n) is 10.5. The van der Waals surface area contributed by atoms with Crippen LogP contribution in [-0.2, 0) is 6.61 Å². The minimum absolute atomic E-state index is 0.113. The van der Waals surface area contributed by atoms with Crippen molar-refractivity contribution < 1.29 is 5.11 Å². The van der Waals surface area contributed by atoms with Crippen LogP contribution in [0.15, 0.2) is 72.9 Å². The van der Waals surface area contributed by atoms with Gasteiger partial charge in [-0.3, -0.25) is 0 Å². The van der Waals surface area contributed by atoms with Gasteiger partial charge in [0.15, 0.2) is 5.65 Å². The molecule has 0 aliphatic heterocycles. The summed E-state index contributed by atoms with van der Waals surface area (Å²) in [4.78, 5) is 9.46. The number of halogens is 2. The van der Waals surface area contributed by atoms with E-state index in [1.165, 1.54) is 0 Å². The first-order valence-corrected chi connectivity index (χ1v) is 11.3. The maximum atomic E-state index is 9.73. The average Bonchev–Trinajstić information content (AvgIpc) is 3.25. The van der Waals surface area contributed by atoms with Crippen LogP contribution in [0, 0.1) is 6.92 Å². The maximum Gasteiger partial charge on any atom is 0.231 e. The Morgan fingerprint density at radius 2 is 1.71 bits per heavy atom. The van der Waals surface area contributed by atoms with Crippen molar-refractivity contribution in [3.63, 3.8) is 0 Å². The topological polar surface area (TPSA) is 87.9 Å². The van der Waals surface area contributed by atoms with E-state index >= 15 is 0 Å². The Morgan fingerprint density at radius 1 is 0.912 bits per heavy atom. The fourth-order valence-electron chi connectivity index (χ4n) is 3.66. The van der Waals surface area contributed by atoms with Crippen LogP contribution in [0.5, 0.6) is 0 Å². The minimum atomic E-state index is -0.113. The van der Waals surface area contributed by atoms with Crippen LogP contribution in [-0.4, -0.2) is 24.9 Å². The van der Waals surface area contributed by atoms with Crippen LogP contribution >= 0.6 is 23.2 Å². The molecule has 3 N–H and O–H groups in total. The van der Waals surface area contributed by atoms with E-state index in [1.54, 1.807) is 29.1 Å². The molecule has 2 aromatic heterocycles. The smallest absolute Gasteiger partial charge is 0.231 e. The number of nitrogens with one attached hydrogen (secondary N) is 2. The minimum Gasteiger partial charge on any atom is -0.392 e. The van der Waals surface area contributed by atoms with Crippen LogP contribution in [0.4, 0.5) is 23.1 Å². The molecule has 0 radical (unpaired) electrons. The lowest BCUT2D eigenvalue weighted by molar-refractivity contribution is 0.282. The van der Waals surface area contributed by atoms with Gasteiger partial charge < -0.3 is 15.7 Å². The number of hydrogen-bond acceptors (Lipinski definition) is 6. The number of aryl methyl sites for hydroxylation is 1. The molecule has 0 fully saturated rings. The third-order valence-corrected chi connectivity index (χ3v) is 5.94. The Morgan fingerprint density at radius 3 is 2.50 bits per heavy atom. The maximum absolute atomic E-state index is 9.73. The molecule has 2 heterocycles. The summed E-state index contributed by atoms with van der Waals surface area (Å²) < 4.78 is 1.78. The predicted molar refractivity (Wildman–Crippen MR) is 137 cm³/mol. The molecule has 5 aromatic rings. The molecule has 7 nitrogen and oxygen atoms in total. The van der Waals surface area contributed by atoms with E-state index < -0.39 is 0 Å². The average molecular weight is 491 g/mol. The number of aromatic nitrogens is 4. The van der Waals surface area contributed by atoms with Gasteiger partial charge in [0.25, 0.3) is 0 Å². The van der Waals surface area contributed by atoms with E-state index in [2.05, 4.69) is 15.7 Å². The number of hydrogen-bond donors (Lipinski definition) is 3. The molecule has 5 rings (SSSR count). The van der Waals surface area contributed by atoms with Crippen molar-refractivity contribution in [3.8, 4) is 5.69 Å². The van der Waals surface area contributed by atoms with E-state index in [0.29, 0.717) is 38.8 Å². The lowest BCUT2D eigenvalue weighted by Gasteiger charge is -2.14. The molecular weight excluding hydrogens is 471 g/mol. The fourth-order valence-corrected chi connectivity index (χ4v) is 4.11. The van der Waals surface area contributed by atoms with E-state index in [1.807, 2.05) is 55.5 Å². The van der Waals surface area contributed by atoms with Crippen molar-refractivity contribution >= 4 is 57.4 Å². The summed E-state index contributed by atoms with van der Waals surface area (Å²) in [6, 6.07) is 20.6. The number of rotatable bonds is 6. The van der Waals surface area contributed by atoms with Crippen molar-refractivity contribution in [3.05, 3.63) is 94.1 Å². The van der Waals surface area contributed by atoms with Crippen molar-refractivity contribution in [2.24, 2.45) is 0 Å². The number of fused-ring (bicyclic) bond motifs is 1. The Hall–Kier alpha value is -3.65. The highest BCUT2D eigenvalue weighted by atomic mass is 35.5. The summed E-state index contributed by atoms with van der Waals surface area (Å²) in [5.41, 5.74) is 4.67. The Bertz CT molecular complexity index is 1500. The van der Waals surface area contributed by atoms with Gasteiger partial charge in [-0.1, -0.05) is 59.6 Å². The third-order valence-electron chi connectivity index (χ3n) is 5.39. The molecule has 0 bridgehead atoms. The molecule has 0 unspecified atom stereocenters. The van der Waals surface area contributed by atoms with E-state index in [9.17, 15) is 5.11 Å². The second kappa shape index (κ2) is 9.30. The zero-order valence-electron chi connectivity index (χ0n) is 18.1. The first kappa shape index (κ1) is 22.2. The largest absolute Gasteiger partial charge is 0.392 e. The summed E-state index contributed by atoms with van der Waals surface area (Å²) >= 11 is 12.5. The van der Waals surface area contributed by atoms with Gasteiger partial charge in [-0.2, -0.15) is 15.1 Å². The molecular formula is C25H20Cl2N6O. The standard InChI is InChI=1S/C25H20Cl2N6O/c1-15-6-2-5-9-22(15)33-24-18(13-28-33)23(29-21-11-10-17(26)12-19(21)27)31-25(32-24)30-20-8-4-3-7-16(20)14-34/h2-13,34H,14H2,1H3,(H2,29,30,31,32). The van der Waals surface area contributed by atoms with Gasteiger partial charge >= 0.3 is 0 Å².